The average Bonchev–Trinajstić information content (AvgIpc) is 3.23. The number of piperidine rings is 1. The predicted octanol–water partition coefficient (Wildman–Crippen LogP) is 1.74. The Kier molecular flexibility index (Phi) is 3.58. The summed E-state index contributed by atoms with van der Waals surface area (Å²) >= 11 is 1.65. The van der Waals surface area contributed by atoms with Crippen molar-refractivity contribution in [3.05, 3.63) is 11.9 Å². The first-order chi connectivity index (χ1) is 10.7. The topological polar surface area (TPSA) is 79.7 Å². The monoisotopic (exact) mass is 321 g/mol. The fourth-order valence-electron chi connectivity index (χ4n) is 3.55. The van der Waals surface area contributed by atoms with E-state index in [4.69, 9.17) is 15.8 Å². The first kappa shape index (κ1) is 14.4. The third kappa shape index (κ3) is 2.51. The highest BCUT2D eigenvalue weighted by Gasteiger charge is 2.31. The second-order valence-corrected chi connectivity index (χ2v) is 7.70. The molecule has 7 heteroatoms. The Morgan fingerprint density at radius 2 is 2.05 bits per heavy atom. The zero-order valence-electron chi connectivity index (χ0n) is 12.7. The van der Waals surface area contributed by atoms with Gasteiger partial charge in [0.1, 0.15) is 0 Å². The average molecular weight is 321 g/mol. The van der Waals surface area contributed by atoms with E-state index in [0.29, 0.717) is 5.92 Å². The molecule has 2 aromatic heterocycles. The van der Waals surface area contributed by atoms with Gasteiger partial charge in [0.05, 0.1) is 18.5 Å². The fraction of sp³-hybridized carbons (Fsp3) is 0.733. The fourth-order valence-corrected chi connectivity index (χ4v) is 4.50. The molecular weight excluding hydrogens is 298 g/mol. The van der Waals surface area contributed by atoms with E-state index in [9.17, 15) is 5.11 Å². The second-order valence-electron chi connectivity index (χ2n) is 6.77. The van der Waals surface area contributed by atoms with Crippen molar-refractivity contribution in [2.45, 2.75) is 50.0 Å². The number of fused-ring (bicyclic) bond motifs is 1. The van der Waals surface area contributed by atoms with Crippen molar-refractivity contribution in [1.82, 2.24) is 14.6 Å². The maximum absolute atomic E-state index is 9.35. The van der Waals surface area contributed by atoms with Gasteiger partial charge < -0.3 is 15.7 Å². The Labute approximate surface area is 133 Å². The van der Waals surface area contributed by atoms with Crippen molar-refractivity contribution < 1.29 is 5.11 Å². The van der Waals surface area contributed by atoms with E-state index in [0.717, 1.165) is 36.0 Å². The van der Waals surface area contributed by atoms with E-state index in [1.807, 2.05) is 4.52 Å². The molecule has 0 radical (unpaired) electrons. The SMILES string of the molecule is NC1(CO)CCN(c2nn3cc(C4CCCC4)nc3s2)CC1. The number of hydrogen-bond donors (Lipinski definition) is 2. The smallest absolute Gasteiger partial charge is 0.214 e. The molecule has 1 aliphatic carbocycles. The van der Waals surface area contributed by atoms with Crippen LogP contribution in [0.4, 0.5) is 5.13 Å². The van der Waals surface area contributed by atoms with Crippen molar-refractivity contribution in [3.8, 4) is 0 Å². The van der Waals surface area contributed by atoms with Gasteiger partial charge in [-0.25, -0.2) is 9.50 Å². The van der Waals surface area contributed by atoms with Gasteiger partial charge in [-0.1, -0.05) is 24.2 Å². The highest BCUT2D eigenvalue weighted by Crippen LogP contribution is 2.35. The first-order valence-corrected chi connectivity index (χ1v) is 8.99. The molecule has 2 aliphatic rings. The third-order valence-electron chi connectivity index (χ3n) is 5.17. The van der Waals surface area contributed by atoms with Crippen LogP contribution < -0.4 is 10.6 Å². The summed E-state index contributed by atoms with van der Waals surface area (Å²) < 4.78 is 1.93. The van der Waals surface area contributed by atoms with Crippen LogP contribution in [-0.2, 0) is 0 Å². The molecule has 2 aromatic rings. The summed E-state index contributed by atoms with van der Waals surface area (Å²) in [6.45, 7) is 1.76. The molecule has 0 unspecified atom stereocenters. The molecule has 3 N–H and O–H groups in total. The third-order valence-corrected chi connectivity index (χ3v) is 6.15. The predicted molar refractivity (Wildman–Crippen MR) is 87.5 cm³/mol. The highest BCUT2D eigenvalue weighted by molar-refractivity contribution is 7.20. The van der Waals surface area contributed by atoms with E-state index >= 15 is 0 Å². The van der Waals surface area contributed by atoms with Gasteiger partial charge >= 0.3 is 0 Å². The normalized spacial score (nSPS) is 22.7. The minimum atomic E-state index is -0.413. The van der Waals surface area contributed by atoms with Crippen LogP contribution in [0.5, 0.6) is 0 Å². The summed E-state index contributed by atoms with van der Waals surface area (Å²) in [5.41, 5.74) is 6.93. The Hall–Kier alpha value is -1.18. The van der Waals surface area contributed by atoms with E-state index in [1.165, 1.54) is 31.4 Å². The molecule has 22 heavy (non-hydrogen) atoms. The summed E-state index contributed by atoms with van der Waals surface area (Å²) in [5, 5.41) is 15.1. The minimum Gasteiger partial charge on any atom is -0.394 e. The first-order valence-electron chi connectivity index (χ1n) is 8.18. The molecule has 1 saturated carbocycles. The van der Waals surface area contributed by atoms with Gasteiger partial charge in [-0.2, -0.15) is 0 Å². The van der Waals surface area contributed by atoms with Crippen molar-refractivity contribution in [2.75, 3.05) is 24.6 Å². The molecule has 0 atom stereocenters. The summed E-state index contributed by atoms with van der Waals surface area (Å²) in [6, 6.07) is 0. The molecule has 1 saturated heterocycles. The van der Waals surface area contributed by atoms with Crippen molar-refractivity contribution in [1.29, 1.82) is 0 Å². The van der Waals surface area contributed by atoms with Gasteiger partial charge in [-0.15, -0.1) is 5.10 Å². The summed E-state index contributed by atoms with van der Waals surface area (Å²) in [5.74, 6) is 0.634. The molecule has 120 valence electrons. The molecule has 0 amide bonds. The van der Waals surface area contributed by atoms with Crippen LogP contribution in [0.3, 0.4) is 0 Å². The van der Waals surface area contributed by atoms with Crippen LogP contribution >= 0.6 is 11.3 Å². The molecule has 0 aromatic carbocycles. The van der Waals surface area contributed by atoms with Crippen molar-refractivity contribution in [2.24, 2.45) is 5.73 Å². The summed E-state index contributed by atoms with van der Waals surface area (Å²) in [4.78, 5) is 8.03. The maximum atomic E-state index is 9.35. The Balaban J connectivity index is 1.50. The van der Waals surface area contributed by atoms with E-state index in [1.54, 1.807) is 11.3 Å². The van der Waals surface area contributed by atoms with E-state index < -0.39 is 5.54 Å². The summed E-state index contributed by atoms with van der Waals surface area (Å²) in [6.07, 6.45) is 8.91. The number of anilines is 1. The Morgan fingerprint density at radius 1 is 1.32 bits per heavy atom. The molecule has 3 heterocycles. The van der Waals surface area contributed by atoms with Gasteiger partial charge in [-0.3, -0.25) is 0 Å². The number of rotatable bonds is 3. The summed E-state index contributed by atoms with van der Waals surface area (Å²) in [7, 11) is 0. The second kappa shape index (κ2) is 5.47. The number of aliphatic hydroxyl groups excluding tert-OH is 1. The minimum absolute atomic E-state index is 0.0623. The largest absolute Gasteiger partial charge is 0.394 e. The lowest BCUT2D eigenvalue weighted by Crippen LogP contribution is -2.52. The zero-order valence-corrected chi connectivity index (χ0v) is 13.6. The quantitative estimate of drug-likeness (QED) is 0.900. The zero-order chi connectivity index (χ0) is 15.2. The lowest BCUT2D eigenvalue weighted by molar-refractivity contribution is 0.170. The molecule has 6 nitrogen and oxygen atoms in total. The van der Waals surface area contributed by atoms with Gasteiger partial charge in [0.2, 0.25) is 10.1 Å². The van der Waals surface area contributed by atoms with Crippen LogP contribution in [0.25, 0.3) is 4.96 Å². The number of nitrogens with two attached hydrogens (primary N) is 1. The Bertz CT molecular complexity index is 620. The van der Waals surface area contributed by atoms with Crippen molar-refractivity contribution in [3.63, 3.8) is 0 Å². The van der Waals surface area contributed by atoms with Crippen LogP contribution in [0, 0.1) is 0 Å². The number of aliphatic hydroxyl groups is 1. The molecule has 0 bridgehead atoms. The van der Waals surface area contributed by atoms with Crippen LogP contribution in [0.1, 0.15) is 50.1 Å². The van der Waals surface area contributed by atoms with Gasteiger partial charge in [0.25, 0.3) is 0 Å². The molecular formula is C15H23N5OS. The number of aromatic nitrogens is 3. The number of imidazole rings is 1. The van der Waals surface area contributed by atoms with Crippen LogP contribution in [0.2, 0.25) is 0 Å². The van der Waals surface area contributed by atoms with Gasteiger partial charge in [0.15, 0.2) is 0 Å². The highest BCUT2D eigenvalue weighted by atomic mass is 32.1. The van der Waals surface area contributed by atoms with Crippen LogP contribution in [0.15, 0.2) is 6.20 Å². The standard InChI is InChI=1S/C15H23N5OS/c16-15(10-21)5-7-19(8-6-15)14-18-20-9-12(17-13(20)22-14)11-3-1-2-4-11/h9,11,21H,1-8,10,16H2. The van der Waals surface area contributed by atoms with Gasteiger partial charge in [-0.05, 0) is 25.7 Å². The lowest BCUT2D eigenvalue weighted by atomic mass is 9.90. The molecule has 2 fully saturated rings. The molecule has 4 rings (SSSR count). The molecule has 1 aliphatic heterocycles. The van der Waals surface area contributed by atoms with Gasteiger partial charge in [0, 0.05) is 24.5 Å². The van der Waals surface area contributed by atoms with Crippen molar-refractivity contribution >= 4 is 21.4 Å². The lowest BCUT2D eigenvalue weighted by Gasteiger charge is -2.37. The molecule has 0 spiro atoms. The van der Waals surface area contributed by atoms with Crippen LogP contribution in [-0.4, -0.2) is 44.9 Å². The number of hydrogen-bond acceptors (Lipinski definition) is 6. The van der Waals surface area contributed by atoms with E-state index in [2.05, 4.69) is 11.1 Å². The number of nitrogens with zero attached hydrogens (tertiary/aromatic N) is 4. The maximum Gasteiger partial charge on any atom is 0.214 e. The Morgan fingerprint density at radius 3 is 2.68 bits per heavy atom. The van der Waals surface area contributed by atoms with E-state index in [-0.39, 0.29) is 6.61 Å².